The summed E-state index contributed by atoms with van der Waals surface area (Å²) in [6, 6.07) is 24.8. The number of carbonyl (C=O) groups is 2. The van der Waals surface area contributed by atoms with E-state index < -0.39 is 26.5 Å². The highest BCUT2D eigenvalue weighted by Crippen LogP contribution is 2.34. The standard InChI is InChI=1S/C28H26N2O5S/c31-26-23-13-7-8-14-24(23)27(32)28(25(26)29-15-17-35-18-16-29)36(33,34)30(19-21-9-3-1-4-10-21)20-22-11-5-2-6-12-22/h1-14H,15-20H2. The van der Waals surface area contributed by atoms with Crippen molar-refractivity contribution in [1.82, 2.24) is 9.21 Å². The zero-order valence-electron chi connectivity index (χ0n) is 19.7. The summed E-state index contributed by atoms with van der Waals surface area (Å²) in [5.41, 5.74) is 1.83. The van der Waals surface area contributed by atoms with Gasteiger partial charge in [-0.1, -0.05) is 84.9 Å². The van der Waals surface area contributed by atoms with Crippen LogP contribution in [0.2, 0.25) is 0 Å². The number of ketones is 2. The smallest absolute Gasteiger partial charge is 0.249 e. The third-order valence-electron chi connectivity index (χ3n) is 6.38. The van der Waals surface area contributed by atoms with Gasteiger partial charge in [-0.05, 0) is 11.1 Å². The third kappa shape index (κ3) is 4.63. The number of hydrogen-bond donors (Lipinski definition) is 0. The molecule has 184 valence electrons. The van der Waals surface area contributed by atoms with Crippen LogP contribution in [0.4, 0.5) is 0 Å². The molecule has 1 aliphatic carbocycles. The molecule has 0 spiro atoms. The molecule has 7 nitrogen and oxygen atoms in total. The van der Waals surface area contributed by atoms with Crippen molar-refractivity contribution in [2.45, 2.75) is 13.1 Å². The summed E-state index contributed by atoms with van der Waals surface area (Å²) in [5, 5.41) is 0. The lowest BCUT2D eigenvalue weighted by molar-refractivity contribution is 0.0498. The van der Waals surface area contributed by atoms with E-state index >= 15 is 0 Å². The number of carbonyl (C=O) groups excluding carboxylic acids is 2. The summed E-state index contributed by atoms with van der Waals surface area (Å²) < 4.78 is 35.4. The van der Waals surface area contributed by atoms with Crippen LogP contribution in [0.5, 0.6) is 0 Å². The number of hydrogen-bond acceptors (Lipinski definition) is 6. The molecule has 0 radical (unpaired) electrons. The van der Waals surface area contributed by atoms with E-state index in [0.29, 0.717) is 26.3 Å². The maximum absolute atomic E-state index is 14.4. The second-order valence-electron chi connectivity index (χ2n) is 8.73. The van der Waals surface area contributed by atoms with Crippen LogP contribution in [0.1, 0.15) is 31.8 Å². The van der Waals surface area contributed by atoms with Crippen molar-refractivity contribution in [3.63, 3.8) is 0 Å². The van der Waals surface area contributed by atoms with Gasteiger partial charge < -0.3 is 9.64 Å². The molecule has 0 atom stereocenters. The molecular formula is C28H26N2O5S. The molecule has 0 aromatic heterocycles. The van der Waals surface area contributed by atoms with Gasteiger partial charge in [-0.3, -0.25) is 9.59 Å². The summed E-state index contributed by atoms with van der Waals surface area (Å²) in [6.07, 6.45) is 0. The van der Waals surface area contributed by atoms with Crippen molar-refractivity contribution < 1.29 is 22.7 Å². The second kappa shape index (κ2) is 10.2. The maximum Gasteiger partial charge on any atom is 0.249 e. The summed E-state index contributed by atoms with van der Waals surface area (Å²) >= 11 is 0. The van der Waals surface area contributed by atoms with Crippen LogP contribution in [0.3, 0.4) is 0 Å². The molecule has 1 fully saturated rings. The van der Waals surface area contributed by atoms with Crippen molar-refractivity contribution >= 4 is 21.6 Å². The highest BCUT2D eigenvalue weighted by Gasteiger charge is 2.44. The van der Waals surface area contributed by atoms with Gasteiger partial charge >= 0.3 is 0 Å². The first-order valence-electron chi connectivity index (χ1n) is 11.8. The average molecular weight is 503 g/mol. The molecule has 0 saturated carbocycles. The second-order valence-corrected chi connectivity index (χ2v) is 10.6. The SMILES string of the molecule is O=C1C(N2CCOCC2)=C(S(=O)(=O)N(Cc2ccccc2)Cc2ccccc2)C(=O)c2ccccc21. The van der Waals surface area contributed by atoms with Gasteiger partial charge in [-0.25, -0.2) is 8.42 Å². The lowest BCUT2D eigenvalue weighted by Gasteiger charge is -2.35. The summed E-state index contributed by atoms with van der Waals surface area (Å²) in [6.45, 7) is 1.46. The summed E-state index contributed by atoms with van der Waals surface area (Å²) in [7, 11) is -4.38. The molecule has 8 heteroatoms. The molecule has 36 heavy (non-hydrogen) atoms. The molecule has 2 aliphatic rings. The summed E-state index contributed by atoms with van der Waals surface area (Å²) in [5.74, 6) is -1.11. The average Bonchev–Trinajstić information content (AvgIpc) is 2.92. The molecule has 5 rings (SSSR count). The molecule has 0 N–H and O–H groups in total. The minimum Gasteiger partial charge on any atom is -0.378 e. The fourth-order valence-corrected chi connectivity index (χ4v) is 6.29. The fourth-order valence-electron chi connectivity index (χ4n) is 4.58. The Balaban J connectivity index is 1.66. The Kier molecular flexibility index (Phi) is 6.82. The van der Waals surface area contributed by atoms with Crippen molar-refractivity contribution in [2.24, 2.45) is 0 Å². The molecule has 0 unspecified atom stereocenters. The number of nitrogens with zero attached hydrogens (tertiary/aromatic N) is 2. The Morgan fingerprint density at radius 3 is 1.69 bits per heavy atom. The molecule has 0 bridgehead atoms. The van der Waals surface area contributed by atoms with Crippen LogP contribution < -0.4 is 0 Å². The van der Waals surface area contributed by atoms with E-state index in [0.717, 1.165) is 11.1 Å². The number of sulfonamides is 1. The van der Waals surface area contributed by atoms with E-state index in [2.05, 4.69) is 0 Å². The molecule has 1 saturated heterocycles. The zero-order chi connectivity index (χ0) is 25.1. The molecule has 0 amide bonds. The molecular weight excluding hydrogens is 476 g/mol. The molecule has 1 heterocycles. The minimum atomic E-state index is -4.38. The van der Waals surface area contributed by atoms with Gasteiger partial charge in [-0.2, -0.15) is 4.31 Å². The van der Waals surface area contributed by atoms with E-state index in [9.17, 15) is 18.0 Å². The number of fused-ring (bicyclic) bond motifs is 1. The first kappa shape index (κ1) is 24.1. The Bertz CT molecular complexity index is 1370. The monoisotopic (exact) mass is 502 g/mol. The summed E-state index contributed by atoms with van der Waals surface area (Å²) in [4.78, 5) is 28.7. The Morgan fingerprint density at radius 2 is 1.17 bits per heavy atom. The van der Waals surface area contributed by atoms with Gasteiger partial charge in [-0.15, -0.1) is 0 Å². The highest BCUT2D eigenvalue weighted by atomic mass is 32.2. The van der Waals surface area contributed by atoms with E-state index in [1.54, 1.807) is 23.1 Å². The van der Waals surface area contributed by atoms with Gasteiger partial charge in [0.1, 0.15) is 5.70 Å². The quantitative estimate of drug-likeness (QED) is 0.491. The van der Waals surface area contributed by atoms with E-state index in [1.165, 1.54) is 10.4 Å². The van der Waals surface area contributed by atoms with Crippen molar-refractivity contribution in [1.29, 1.82) is 0 Å². The number of morpholine rings is 1. The lowest BCUT2D eigenvalue weighted by atomic mass is 9.91. The van der Waals surface area contributed by atoms with Crippen LogP contribution in [0.25, 0.3) is 0 Å². The number of benzene rings is 3. The van der Waals surface area contributed by atoms with Gasteiger partial charge in [0, 0.05) is 37.3 Å². The number of Topliss-reactive ketones (excluding diaryl/α,β-unsaturated/α-hetero) is 2. The van der Waals surface area contributed by atoms with Crippen LogP contribution in [0, 0.1) is 0 Å². The topological polar surface area (TPSA) is 84.0 Å². The first-order valence-corrected chi connectivity index (χ1v) is 13.2. The predicted octanol–water partition coefficient (Wildman–Crippen LogP) is 3.64. The van der Waals surface area contributed by atoms with E-state index in [4.69, 9.17) is 4.74 Å². The van der Waals surface area contributed by atoms with E-state index in [-0.39, 0.29) is 29.9 Å². The Hall–Kier alpha value is -3.59. The normalized spacial score (nSPS) is 16.4. The van der Waals surface area contributed by atoms with E-state index in [1.807, 2.05) is 60.7 Å². The largest absolute Gasteiger partial charge is 0.378 e. The maximum atomic E-state index is 14.4. The first-order chi connectivity index (χ1) is 17.5. The minimum absolute atomic E-state index is 0.0566. The number of rotatable bonds is 7. The molecule has 3 aromatic rings. The molecule has 1 aliphatic heterocycles. The highest BCUT2D eigenvalue weighted by molar-refractivity contribution is 7.94. The van der Waals surface area contributed by atoms with Crippen molar-refractivity contribution in [3.05, 3.63) is 118 Å². The zero-order valence-corrected chi connectivity index (χ0v) is 20.5. The van der Waals surface area contributed by atoms with Gasteiger partial charge in [0.15, 0.2) is 4.91 Å². The molecule has 3 aromatic carbocycles. The third-order valence-corrected chi connectivity index (χ3v) is 8.21. The fraction of sp³-hybridized carbons (Fsp3) is 0.214. The lowest BCUT2D eigenvalue weighted by Crippen LogP contribution is -2.44. The van der Waals surface area contributed by atoms with Crippen molar-refractivity contribution in [2.75, 3.05) is 26.3 Å². The Labute approximate surface area is 210 Å². The van der Waals surface area contributed by atoms with Gasteiger partial charge in [0.05, 0.1) is 13.2 Å². The Morgan fingerprint density at radius 1 is 0.694 bits per heavy atom. The van der Waals surface area contributed by atoms with Gasteiger partial charge in [0.2, 0.25) is 21.6 Å². The van der Waals surface area contributed by atoms with Gasteiger partial charge in [0.25, 0.3) is 0 Å². The predicted molar refractivity (Wildman–Crippen MR) is 136 cm³/mol. The van der Waals surface area contributed by atoms with Crippen LogP contribution in [-0.2, 0) is 27.8 Å². The van der Waals surface area contributed by atoms with Crippen LogP contribution in [-0.4, -0.2) is 55.5 Å². The number of allylic oxidation sites excluding steroid dienone is 2. The number of ether oxygens (including phenoxy) is 1. The van der Waals surface area contributed by atoms with Crippen LogP contribution >= 0.6 is 0 Å². The van der Waals surface area contributed by atoms with Crippen LogP contribution in [0.15, 0.2) is 95.5 Å². The van der Waals surface area contributed by atoms with Crippen molar-refractivity contribution in [3.8, 4) is 0 Å².